The summed E-state index contributed by atoms with van der Waals surface area (Å²) >= 11 is 0. The van der Waals surface area contributed by atoms with Crippen molar-refractivity contribution in [3.63, 3.8) is 0 Å². The van der Waals surface area contributed by atoms with E-state index in [9.17, 15) is 0 Å². The van der Waals surface area contributed by atoms with Crippen molar-refractivity contribution in [1.29, 1.82) is 5.26 Å². The second kappa shape index (κ2) is 7.26. The number of anilines is 1. The highest BCUT2D eigenvalue weighted by atomic mass is 15.4. The van der Waals surface area contributed by atoms with Crippen molar-refractivity contribution in [2.75, 3.05) is 18.0 Å². The molecule has 0 amide bonds. The third kappa shape index (κ3) is 3.57. The lowest BCUT2D eigenvalue weighted by molar-refractivity contribution is 0.502. The van der Waals surface area contributed by atoms with E-state index in [1.165, 1.54) is 5.56 Å². The summed E-state index contributed by atoms with van der Waals surface area (Å²) in [6.07, 6.45) is 2.16. The first-order valence-electron chi connectivity index (χ1n) is 9.32. The van der Waals surface area contributed by atoms with E-state index in [1.54, 1.807) is 0 Å². The summed E-state index contributed by atoms with van der Waals surface area (Å²) < 4.78 is 1.98. The Labute approximate surface area is 159 Å². The molecular weight excluding hydrogens is 334 g/mol. The van der Waals surface area contributed by atoms with Crippen molar-refractivity contribution in [3.05, 3.63) is 65.7 Å². The van der Waals surface area contributed by atoms with Crippen LogP contribution in [0.2, 0.25) is 0 Å². The summed E-state index contributed by atoms with van der Waals surface area (Å²) in [5.41, 5.74) is 11.1. The average molecular weight is 357 g/mol. The Kier molecular flexibility index (Phi) is 4.66. The number of nitrogens with two attached hydrogens (primary N) is 1. The van der Waals surface area contributed by atoms with Gasteiger partial charge >= 0.3 is 0 Å². The van der Waals surface area contributed by atoms with Gasteiger partial charge in [-0.1, -0.05) is 29.8 Å². The standard InChI is InChI=1S/C22H23N5/c1-16-4-10-20(11-5-16)27-21(18-8-6-17(14-23)7-9-18)13-22(25-27)26-12-2-3-19(24)15-26/h4-11,13,19H,2-3,12,15,24H2,1H3/t19-/m1/s1. The first-order valence-corrected chi connectivity index (χ1v) is 9.32. The van der Waals surface area contributed by atoms with E-state index in [0.717, 1.165) is 48.7 Å². The van der Waals surface area contributed by atoms with Crippen LogP contribution in [0.15, 0.2) is 54.6 Å². The first kappa shape index (κ1) is 17.3. The van der Waals surface area contributed by atoms with Gasteiger partial charge in [0, 0.05) is 30.8 Å². The van der Waals surface area contributed by atoms with Gasteiger partial charge in [0.1, 0.15) is 0 Å². The smallest absolute Gasteiger partial charge is 0.151 e. The predicted octanol–water partition coefficient (Wildman–Crippen LogP) is 3.65. The molecule has 1 atom stereocenters. The summed E-state index contributed by atoms with van der Waals surface area (Å²) in [5.74, 6) is 0.949. The molecule has 1 fully saturated rings. The molecule has 5 heteroatoms. The van der Waals surface area contributed by atoms with Crippen LogP contribution >= 0.6 is 0 Å². The van der Waals surface area contributed by atoms with Gasteiger partial charge in [0.25, 0.3) is 0 Å². The van der Waals surface area contributed by atoms with Crippen molar-refractivity contribution in [2.45, 2.75) is 25.8 Å². The quantitative estimate of drug-likeness (QED) is 0.777. The number of aryl methyl sites for hydroxylation is 1. The SMILES string of the molecule is Cc1ccc(-n2nc(N3CCC[C@@H](N)C3)cc2-c2ccc(C#N)cc2)cc1. The van der Waals surface area contributed by atoms with Gasteiger partial charge in [-0.05, 0) is 44.0 Å². The minimum absolute atomic E-state index is 0.196. The van der Waals surface area contributed by atoms with Crippen molar-refractivity contribution >= 4 is 5.82 Å². The van der Waals surface area contributed by atoms with Crippen LogP contribution in [-0.2, 0) is 0 Å². The van der Waals surface area contributed by atoms with Crippen LogP contribution in [0.1, 0.15) is 24.0 Å². The zero-order valence-corrected chi connectivity index (χ0v) is 15.5. The third-order valence-corrected chi connectivity index (χ3v) is 5.07. The van der Waals surface area contributed by atoms with Gasteiger partial charge in [0.15, 0.2) is 5.82 Å². The molecule has 3 aromatic rings. The zero-order valence-electron chi connectivity index (χ0n) is 15.5. The second-order valence-electron chi connectivity index (χ2n) is 7.17. The molecule has 27 heavy (non-hydrogen) atoms. The highest BCUT2D eigenvalue weighted by molar-refractivity contribution is 5.67. The Hall–Kier alpha value is -3.10. The third-order valence-electron chi connectivity index (χ3n) is 5.07. The van der Waals surface area contributed by atoms with Crippen LogP contribution in [-0.4, -0.2) is 28.9 Å². The molecule has 0 unspecified atom stereocenters. The molecule has 1 aliphatic heterocycles. The number of aromatic nitrogens is 2. The Bertz CT molecular complexity index is 963. The lowest BCUT2D eigenvalue weighted by Crippen LogP contribution is -2.43. The average Bonchev–Trinajstić information content (AvgIpc) is 3.14. The largest absolute Gasteiger partial charge is 0.354 e. The van der Waals surface area contributed by atoms with E-state index in [1.807, 2.05) is 28.9 Å². The minimum atomic E-state index is 0.196. The van der Waals surface area contributed by atoms with Gasteiger partial charge < -0.3 is 10.6 Å². The van der Waals surface area contributed by atoms with Crippen LogP contribution < -0.4 is 10.6 Å². The predicted molar refractivity (Wildman–Crippen MR) is 108 cm³/mol. The van der Waals surface area contributed by atoms with Crippen LogP contribution in [0.5, 0.6) is 0 Å². The van der Waals surface area contributed by atoms with Crippen LogP contribution in [0.3, 0.4) is 0 Å². The summed E-state index contributed by atoms with van der Waals surface area (Å²) in [4.78, 5) is 2.27. The Morgan fingerprint density at radius 1 is 1.11 bits per heavy atom. The Balaban J connectivity index is 1.79. The number of nitrogens with zero attached hydrogens (tertiary/aromatic N) is 4. The minimum Gasteiger partial charge on any atom is -0.354 e. The van der Waals surface area contributed by atoms with E-state index < -0.39 is 0 Å². The van der Waals surface area contributed by atoms with Crippen LogP contribution in [0.25, 0.3) is 16.9 Å². The van der Waals surface area contributed by atoms with Gasteiger partial charge in [-0.3, -0.25) is 0 Å². The maximum absolute atomic E-state index is 9.07. The highest BCUT2D eigenvalue weighted by Gasteiger charge is 2.21. The molecule has 4 rings (SSSR count). The number of piperidine rings is 1. The molecule has 0 spiro atoms. The normalized spacial score (nSPS) is 16.9. The zero-order chi connectivity index (χ0) is 18.8. The maximum Gasteiger partial charge on any atom is 0.151 e. The molecule has 0 saturated carbocycles. The first-order chi connectivity index (χ1) is 13.1. The fourth-order valence-corrected chi connectivity index (χ4v) is 3.55. The molecule has 1 saturated heterocycles. The van der Waals surface area contributed by atoms with E-state index in [4.69, 9.17) is 16.1 Å². The number of nitriles is 1. The molecule has 0 radical (unpaired) electrons. The van der Waals surface area contributed by atoms with Gasteiger partial charge in [0.05, 0.1) is 23.0 Å². The topological polar surface area (TPSA) is 70.9 Å². The second-order valence-corrected chi connectivity index (χ2v) is 7.17. The number of hydrogen-bond acceptors (Lipinski definition) is 4. The van der Waals surface area contributed by atoms with E-state index in [2.05, 4.69) is 48.2 Å². The Morgan fingerprint density at radius 3 is 2.52 bits per heavy atom. The fraction of sp³-hybridized carbons (Fsp3) is 0.273. The lowest BCUT2D eigenvalue weighted by Gasteiger charge is -2.30. The van der Waals surface area contributed by atoms with Gasteiger partial charge in [-0.15, -0.1) is 5.10 Å². The fourth-order valence-electron chi connectivity index (χ4n) is 3.55. The molecule has 2 heterocycles. The molecule has 5 nitrogen and oxygen atoms in total. The molecule has 0 aliphatic carbocycles. The molecule has 2 aromatic carbocycles. The summed E-state index contributed by atoms with van der Waals surface area (Å²) in [6.45, 7) is 3.89. The number of benzene rings is 2. The van der Waals surface area contributed by atoms with E-state index in [-0.39, 0.29) is 6.04 Å². The Morgan fingerprint density at radius 2 is 1.85 bits per heavy atom. The van der Waals surface area contributed by atoms with E-state index >= 15 is 0 Å². The molecular formula is C22H23N5. The van der Waals surface area contributed by atoms with Crippen molar-refractivity contribution in [2.24, 2.45) is 5.73 Å². The van der Waals surface area contributed by atoms with Crippen LogP contribution in [0, 0.1) is 18.3 Å². The number of rotatable bonds is 3. The maximum atomic E-state index is 9.07. The number of hydrogen-bond donors (Lipinski definition) is 1. The highest BCUT2D eigenvalue weighted by Crippen LogP contribution is 2.29. The molecule has 0 bridgehead atoms. The van der Waals surface area contributed by atoms with Crippen LogP contribution in [0.4, 0.5) is 5.82 Å². The van der Waals surface area contributed by atoms with Gasteiger partial charge in [0.2, 0.25) is 0 Å². The van der Waals surface area contributed by atoms with Crippen molar-refractivity contribution in [3.8, 4) is 23.0 Å². The van der Waals surface area contributed by atoms with E-state index in [0.29, 0.717) is 5.56 Å². The monoisotopic (exact) mass is 357 g/mol. The molecule has 2 N–H and O–H groups in total. The van der Waals surface area contributed by atoms with Gasteiger partial charge in [-0.25, -0.2) is 4.68 Å². The summed E-state index contributed by atoms with van der Waals surface area (Å²) in [7, 11) is 0. The summed E-state index contributed by atoms with van der Waals surface area (Å²) in [5, 5.41) is 14.0. The molecule has 1 aliphatic rings. The van der Waals surface area contributed by atoms with Gasteiger partial charge in [-0.2, -0.15) is 5.26 Å². The molecule has 1 aromatic heterocycles. The molecule has 136 valence electrons. The summed E-state index contributed by atoms with van der Waals surface area (Å²) in [6, 6.07) is 20.5. The lowest BCUT2D eigenvalue weighted by atomic mass is 10.1. The van der Waals surface area contributed by atoms with Crippen molar-refractivity contribution in [1.82, 2.24) is 9.78 Å². The van der Waals surface area contributed by atoms with Crippen molar-refractivity contribution < 1.29 is 0 Å².